The number of carbonyl (C=O) groups excluding carboxylic acids is 2. The van der Waals surface area contributed by atoms with Crippen LogP contribution < -0.4 is 5.32 Å². The van der Waals surface area contributed by atoms with Gasteiger partial charge in [-0.3, -0.25) is 4.79 Å². The highest BCUT2D eigenvalue weighted by atomic mass is 16.4. The van der Waals surface area contributed by atoms with E-state index in [1.54, 1.807) is 0 Å². The number of carboxylic acid groups (broad SMARTS) is 1. The van der Waals surface area contributed by atoms with Crippen molar-refractivity contribution in [3.05, 3.63) is 0 Å². The first-order valence-electron chi connectivity index (χ1n) is 5.39. The Morgan fingerprint density at radius 1 is 1.38 bits per heavy atom. The van der Waals surface area contributed by atoms with E-state index in [2.05, 4.69) is 5.32 Å². The number of hydrogen-bond acceptors (Lipinski definition) is 3. The van der Waals surface area contributed by atoms with Gasteiger partial charge in [0.1, 0.15) is 11.8 Å². The first kappa shape index (κ1) is 10.9. The number of amides is 2. The minimum absolute atomic E-state index is 0.0760. The summed E-state index contributed by atoms with van der Waals surface area (Å²) in [6.45, 7) is 0.203. The molecule has 1 aliphatic heterocycles. The van der Waals surface area contributed by atoms with E-state index < -0.39 is 12.0 Å². The molecular formula is C10H14N2O4. The van der Waals surface area contributed by atoms with Gasteiger partial charge in [-0.1, -0.05) is 0 Å². The van der Waals surface area contributed by atoms with E-state index in [-0.39, 0.29) is 37.2 Å². The zero-order chi connectivity index (χ0) is 11.7. The van der Waals surface area contributed by atoms with Gasteiger partial charge in [-0.15, -0.1) is 0 Å². The van der Waals surface area contributed by atoms with Crippen LogP contribution in [0.2, 0.25) is 0 Å². The minimum Gasteiger partial charge on any atom is -0.480 e. The van der Waals surface area contributed by atoms with Gasteiger partial charge in [-0.2, -0.15) is 0 Å². The summed E-state index contributed by atoms with van der Waals surface area (Å²) < 4.78 is 0. The molecule has 0 aromatic rings. The number of carboxylic acids is 1. The highest BCUT2D eigenvalue weighted by molar-refractivity contribution is 5.91. The third-order valence-electron chi connectivity index (χ3n) is 2.88. The normalized spacial score (nSPS) is 25.4. The second-order valence-corrected chi connectivity index (χ2v) is 4.26. The second-order valence-electron chi connectivity index (χ2n) is 4.26. The van der Waals surface area contributed by atoms with Gasteiger partial charge < -0.3 is 15.3 Å². The first-order chi connectivity index (χ1) is 7.58. The summed E-state index contributed by atoms with van der Waals surface area (Å²) >= 11 is 0. The van der Waals surface area contributed by atoms with Crippen LogP contribution in [-0.4, -0.2) is 46.4 Å². The van der Waals surface area contributed by atoms with Gasteiger partial charge in [-0.05, 0) is 12.8 Å². The maximum Gasteiger partial charge on any atom is 0.326 e. The van der Waals surface area contributed by atoms with E-state index in [4.69, 9.17) is 5.11 Å². The van der Waals surface area contributed by atoms with E-state index in [0.717, 1.165) is 12.8 Å². The maximum absolute atomic E-state index is 11.7. The Morgan fingerprint density at radius 2 is 2.06 bits per heavy atom. The zero-order valence-corrected chi connectivity index (χ0v) is 8.81. The molecule has 1 saturated heterocycles. The summed E-state index contributed by atoms with van der Waals surface area (Å²) in [4.78, 5) is 35.1. The lowest BCUT2D eigenvalue weighted by Crippen LogP contribution is -2.54. The monoisotopic (exact) mass is 226 g/mol. The molecule has 2 rings (SSSR count). The molecular weight excluding hydrogens is 212 g/mol. The van der Waals surface area contributed by atoms with Gasteiger partial charge in [0, 0.05) is 25.4 Å². The summed E-state index contributed by atoms with van der Waals surface area (Å²) in [5.74, 6) is -1.21. The molecule has 6 heteroatoms. The van der Waals surface area contributed by atoms with Gasteiger partial charge in [0.25, 0.3) is 0 Å². The Morgan fingerprint density at radius 3 is 2.62 bits per heavy atom. The molecule has 0 radical (unpaired) electrons. The molecule has 2 N–H and O–H groups in total. The zero-order valence-electron chi connectivity index (χ0n) is 8.81. The molecule has 16 heavy (non-hydrogen) atoms. The molecule has 0 aromatic heterocycles. The standard InChI is InChI=1S/C10H14N2O4/c13-7-3-4-12(8(5-7)9(14)15)10(16)11-6-1-2-6/h6,8H,1-5H2,(H,11,16)(H,14,15). The fourth-order valence-electron chi connectivity index (χ4n) is 1.78. The maximum atomic E-state index is 11.7. The molecule has 2 aliphatic rings. The molecule has 1 heterocycles. The average Bonchev–Trinajstić information content (AvgIpc) is 3.01. The number of piperidine rings is 1. The van der Waals surface area contributed by atoms with Crippen LogP contribution in [0.25, 0.3) is 0 Å². The van der Waals surface area contributed by atoms with Gasteiger partial charge in [0.15, 0.2) is 0 Å². The van der Waals surface area contributed by atoms with Gasteiger partial charge in [-0.25, -0.2) is 9.59 Å². The van der Waals surface area contributed by atoms with Crippen molar-refractivity contribution in [2.75, 3.05) is 6.54 Å². The van der Waals surface area contributed by atoms with E-state index in [1.165, 1.54) is 4.90 Å². The van der Waals surface area contributed by atoms with Crippen molar-refractivity contribution in [2.45, 2.75) is 37.8 Å². The number of aliphatic carboxylic acids is 1. The number of urea groups is 1. The Hall–Kier alpha value is -1.59. The molecule has 0 bridgehead atoms. The summed E-state index contributed by atoms with van der Waals surface area (Å²) in [5, 5.41) is 11.7. The van der Waals surface area contributed by atoms with Crippen LogP contribution in [0.5, 0.6) is 0 Å². The van der Waals surface area contributed by atoms with Crippen LogP contribution >= 0.6 is 0 Å². The lowest BCUT2D eigenvalue weighted by molar-refractivity contribution is -0.146. The molecule has 6 nitrogen and oxygen atoms in total. The van der Waals surface area contributed by atoms with Crippen LogP contribution in [0, 0.1) is 0 Å². The Balaban J connectivity index is 2.01. The number of ketones is 1. The molecule has 1 unspecified atom stereocenters. The molecule has 1 saturated carbocycles. The van der Waals surface area contributed by atoms with Crippen molar-refractivity contribution in [2.24, 2.45) is 0 Å². The molecule has 0 spiro atoms. The number of rotatable bonds is 2. The minimum atomic E-state index is -1.11. The van der Waals surface area contributed by atoms with E-state index >= 15 is 0 Å². The third kappa shape index (κ3) is 2.32. The number of nitrogens with zero attached hydrogens (tertiary/aromatic N) is 1. The highest BCUT2D eigenvalue weighted by Gasteiger charge is 2.37. The average molecular weight is 226 g/mol. The van der Waals surface area contributed by atoms with Crippen molar-refractivity contribution >= 4 is 17.8 Å². The summed E-state index contributed by atoms with van der Waals surface area (Å²) in [5.41, 5.74) is 0. The van der Waals surface area contributed by atoms with Crippen molar-refractivity contribution in [3.63, 3.8) is 0 Å². The lowest BCUT2D eigenvalue weighted by Gasteiger charge is -2.32. The van der Waals surface area contributed by atoms with Crippen molar-refractivity contribution in [1.29, 1.82) is 0 Å². The summed E-state index contributed by atoms with van der Waals surface area (Å²) in [6, 6.07) is -1.16. The van der Waals surface area contributed by atoms with Crippen molar-refractivity contribution in [1.82, 2.24) is 10.2 Å². The first-order valence-corrected chi connectivity index (χ1v) is 5.39. The Bertz CT molecular complexity index is 338. The fourth-order valence-corrected chi connectivity index (χ4v) is 1.78. The molecule has 2 fully saturated rings. The lowest BCUT2D eigenvalue weighted by atomic mass is 10.0. The van der Waals surface area contributed by atoms with Crippen molar-refractivity contribution in [3.8, 4) is 0 Å². The highest BCUT2D eigenvalue weighted by Crippen LogP contribution is 2.21. The number of likely N-dealkylation sites (tertiary alicyclic amines) is 1. The van der Waals surface area contributed by atoms with Gasteiger partial charge >= 0.3 is 12.0 Å². The smallest absolute Gasteiger partial charge is 0.326 e. The van der Waals surface area contributed by atoms with E-state index in [9.17, 15) is 14.4 Å². The topological polar surface area (TPSA) is 86.7 Å². The third-order valence-corrected chi connectivity index (χ3v) is 2.88. The molecule has 2 amide bonds. The van der Waals surface area contributed by atoms with Crippen LogP contribution in [0.4, 0.5) is 4.79 Å². The van der Waals surface area contributed by atoms with E-state index in [1.807, 2.05) is 0 Å². The van der Waals surface area contributed by atoms with Gasteiger partial charge in [0.2, 0.25) is 0 Å². The summed E-state index contributed by atoms with van der Waals surface area (Å²) in [7, 11) is 0. The predicted molar refractivity (Wildman–Crippen MR) is 53.9 cm³/mol. The fraction of sp³-hybridized carbons (Fsp3) is 0.700. The van der Waals surface area contributed by atoms with Crippen LogP contribution in [0.1, 0.15) is 25.7 Å². The molecule has 0 aromatic carbocycles. The number of carbonyl (C=O) groups is 3. The number of Topliss-reactive ketones (excluding diaryl/α,β-unsaturated/α-hetero) is 1. The molecule has 1 atom stereocenters. The van der Waals surface area contributed by atoms with Crippen LogP contribution in [0.15, 0.2) is 0 Å². The Kier molecular flexibility index (Phi) is 2.80. The number of nitrogens with one attached hydrogen (secondary N) is 1. The molecule has 1 aliphatic carbocycles. The second kappa shape index (κ2) is 4.11. The predicted octanol–water partition coefficient (Wildman–Crippen LogP) is -0.0235. The van der Waals surface area contributed by atoms with Crippen LogP contribution in [0.3, 0.4) is 0 Å². The van der Waals surface area contributed by atoms with Gasteiger partial charge in [0.05, 0.1) is 0 Å². The summed E-state index contributed by atoms with van der Waals surface area (Å²) in [6.07, 6.45) is 2.09. The quantitative estimate of drug-likeness (QED) is 0.692. The van der Waals surface area contributed by atoms with Crippen molar-refractivity contribution < 1.29 is 19.5 Å². The Labute approximate surface area is 92.6 Å². The SMILES string of the molecule is O=C1CCN(C(=O)NC2CC2)C(C(=O)O)C1. The number of hydrogen-bond donors (Lipinski definition) is 2. The largest absolute Gasteiger partial charge is 0.480 e. The van der Waals surface area contributed by atoms with E-state index in [0.29, 0.717) is 0 Å². The van der Waals surface area contributed by atoms with Crippen LogP contribution in [-0.2, 0) is 9.59 Å². The molecule has 88 valence electrons.